The number of alkyl halides is 6. The van der Waals surface area contributed by atoms with E-state index in [0.29, 0.717) is 17.7 Å². The molecule has 2 aliphatic heterocycles. The number of nitrogens with zero attached hydrogens (tertiary/aromatic N) is 1. The molecular formula is C23H21F7N2O2. The summed E-state index contributed by atoms with van der Waals surface area (Å²) in [5.74, 6) is -1.24. The van der Waals surface area contributed by atoms with Gasteiger partial charge >= 0.3 is 12.4 Å². The quantitative estimate of drug-likeness (QED) is 0.612. The van der Waals surface area contributed by atoms with Crippen LogP contribution in [0.1, 0.15) is 47.6 Å². The smallest absolute Gasteiger partial charge is 0.368 e. The normalized spacial score (nSPS) is 26.1. The van der Waals surface area contributed by atoms with Gasteiger partial charge in [0.15, 0.2) is 0 Å². The van der Waals surface area contributed by atoms with Crippen molar-refractivity contribution >= 4 is 5.91 Å². The zero-order chi connectivity index (χ0) is 25.0. The molecule has 0 radical (unpaired) electrons. The molecule has 0 saturated carbocycles. The Bertz CT molecular complexity index is 1040. The Hall–Kier alpha value is -2.66. The minimum absolute atomic E-state index is 0.0564. The number of fused-ring (bicyclic) bond motifs is 1. The fraction of sp³-hybridized carbons (Fsp3) is 0.435. The maximum atomic E-state index is 13.5. The van der Waals surface area contributed by atoms with Crippen molar-refractivity contribution in [3.8, 4) is 0 Å². The standard InChI is InChI=1S/C23H21F7N2O2/c1-11(13-6-14(22(25,26)27)8-15(7-13)23(28,29)30)34-18-10-32-19(33)9-17(31)21(32)20(18)12-2-4-16(24)5-3-12/h2-8,11,17-18,20-21H,9-10,31H2,1H3/t11-,17?,18+,20?,21+/m1/s1. The first-order valence-corrected chi connectivity index (χ1v) is 10.5. The lowest BCUT2D eigenvalue weighted by Gasteiger charge is -2.28. The summed E-state index contributed by atoms with van der Waals surface area (Å²) in [6.45, 7) is 1.41. The van der Waals surface area contributed by atoms with E-state index in [0.717, 1.165) is 0 Å². The number of halogens is 7. The largest absolute Gasteiger partial charge is 0.416 e. The Morgan fingerprint density at radius 1 is 1.00 bits per heavy atom. The van der Waals surface area contributed by atoms with Gasteiger partial charge in [0.2, 0.25) is 5.91 Å². The van der Waals surface area contributed by atoms with Gasteiger partial charge in [-0.25, -0.2) is 4.39 Å². The molecule has 0 bridgehead atoms. The first-order chi connectivity index (χ1) is 15.8. The van der Waals surface area contributed by atoms with Gasteiger partial charge in [0.05, 0.1) is 29.4 Å². The Labute approximate surface area is 190 Å². The average Bonchev–Trinajstić information content (AvgIpc) is 3.24. The van der Waals surface area contributed by atoms with Crippen molar-refractivity contribution in [3.63, 3.8) is 0 Å². The predicted molar refractivity (Wildman–Crippen MR) is 107 cm³/mol. The van der Waals surface area contributed by atoms with Gasteiger partial charge in [-0.15, -0.1) is 0 Å². The van der Waals surface area contributed by atoms with Crippen molar-refractivity contribution in [2.24, 2.45) is 5.73 Å². The van der Waals surface area contributed by atoms with Crippen LogP contribution in [0.15, 0.2) is 42.5 Å². The fourth-order valence-electron chi connectivity index (χ4n) is 4.83. The number of nitrogens with two attached hydrogens (primary N) is 1. The van der Waals surface area contributed by atoms with Crippen molar-refractivity contribution in [2.75, 3.05) is 6.54 Å². The lowest BCUT2D eigenvalue weighted by Crippen LogP contribution is -2.39. The fourth-order valence-corrected chi connectivity index (χ4v) is 4.83. The monoisotopic (exact) mass is 490 g/mol. The highest BCUT2D eigenvalue weighted by atomic mass is 19.4. The molecule has 2 aromatic rings. The van der Waals surface area contributed by atoms with Crippen LogP contribution in [0, 0.1) is 5.82 Å². The van der Waals surface area contributed by atoms with Gasteiger partial charge in [0, 0.05) is 24.9 Å². The Morgan fingerprint density at radius 2 is 1.56 bits per heavy atom. The van der Waals surface area contributed by atoms with Crippen molar-refractivity contribution in [1.82, 2.24) is 4.90 Å². The number of amides is 1. The number of ether oxygens (including phenoxy) is 1. The molecule has 184 valence electrons. The zero-order valence-electron chi connectivity index (χ0n) is 17.8. The summed E-state index contributed by atoms with van der Waals surface area (Å²) in [5, 5.41) is 0. The second kappa shape index (κ2) is 8.53. The highest BCUT2D eigenvalue weighted by Gasteiger charge is 2.52. The molecule has 2 aromatic carbocycles. The molecule has 2 unspecified atom stereocenters. The number of benzene rings is 2. The highest BCUT2D eigenvalue weighted by Crippen LogP contribution is 2.44. The van der Waals surface area contributed by atoms with E-state index in [4.69, 9.17) is 10.5 Å². The molecule has 0 aromatic heterocycles. The van der Waals surface area contributed by atoms with Crippen molar-refractivity contribution in [1.29, 1.82) is 0 Å². The van der Waals surface area contributed by atoms with Crippen LogP contribution >= 0.6 is 0 Å². The van der Waals surface area contributed by atoms with E-state index >= 15 is 0 Å². The lowest BCUT2D eigenvalue weighted by molar-refractivity contribution is -0.143. The molecule has 4 nitrogen and oxygen atoms in total. The molecule has 2 heterocycles. The van der Waals surface area contributed by atoms with E-state index in [9.17, 15) is 35.5 Å². The number of rotatable bonds is 4. The second-order valence-corrected chi connectivity index (χ2v) is 8.64. The summed E-state index contributed by atoms with van der Waals surface area (Å²) < 4.78 is 99.1. The summed E-state index contributed by atoms with van der Waals surface area (Å²) in [7, 11) is 0. The first kappa shape index (κ1) is 24.5. The van der Waals surface area contributed by atoms with Crippen LogP contribution in [-0.2, 0) is 21.9 Å². The minimum atomic E-state index is -4.98. The Morgan fingerprint density at radius 3 is 2.09 bits per heavy atom. The Balaban J connectivity index is 1.68. The number of carbonyl (C=O) groups excluding carboxylic acids is 1. The first-order valence-electron chi connectivity index (χ1n) is 10.5. The molecule has 2 fully saturated rings. The third kappa shape index (κ3) is 4.63. The average molecular weight is 490 g/mol. The van der Waals surface area contributed by atoms with Crippen LogP contribution in [0.2, 0.25) is 0 Å². The van der Waals surface area contributed by atoms with E-state index in [2.05, 4.69) is 0 Å². The summed E-state index contributed by atoms with van der Waals surface area (Å²) in [6.07, 6.45) is -11.8. The maximum absolute atomic E-state index is 13.5. The van der Waals surface area contributed by atoms with Gasteiger partial charge in [-0.1, -0.05) is 12.1 Å². The van der Waals surface area contributed by atoms with Gasteiger partial charge in [0.1, 0.15) is 5.82 Å². The second-order valence-electron chi connectivity index (χ2n) is 8.64. The molecule has 2 saturated heterocycles. The molecule has 0 aliphatic carbocycles. The Kier molecular flexibility index (Phi) is 6.14. The van der Waals surface area contributed by atoms with E-state index < -0.39 is 59.5 Å². The third-order valence-electron chi connectivity index (χ3n) is 6.39. The molecular weight excluding hydrogens is 469 g/mol. The summed E-state index contributed by atoms with van der Waals surface area (Å²) in [5.41, 5.74) is 3.59. The van der Waals surface area contributed by atoms with Crippen LogP contribution in [0.4, 0.5) is 30.7 Å². The third-order valence-corrected chi connectivity index (χ3v) is 6.39. The lowest BCUT2D eigenvalue weighted by atomic mass is 9.86. The number of carbonyl (C=O) groups is 1. The summed E-state index contributed by atoms with van der Waals surface area (Å²) in [6, 6.07) is 5.74. The van der Waals surface area contributed by atoms with Crippen molar-refractivity contribution in [3.05, 3.63) is 70.5 Å². The van der Waals surface area contributed by atoms with Crippen LogP contribution < -0.4 is 5.73 Å². The maximum Gasteiger partial charge on any atom is 0.416 e. The number of hydrogen-bond donors (Lipinski definition) is 1. The van der Waals surface area contributed by atoms with Gasteiger partial charge in [-0.3, -0.25) is 4.79 Å². The van der Waals surface area contributed by atoms with Crippen LogP contribution in [0.25, 0.3) is 0 Å². The summed E-state index contributed by atoms with van der Waals surface area (Å²) >= 11 is 0. The zero-order valence-corrected chi connectivity index (χ0v) is 17.8. The molecule has 5 atom stereocenters. The molecule has 2 N–H and O–H groups in total. The van der Waals surface area contributed by atoms with Gasteiger partial charge in [0.25, 0.3) is 0 Å². The molecule has 2 aliphatic rings. The molecule has 4 rings (SSSR count). The van der Waals surface area contributed by atoms with E-state index in [1.807, 2.05) is 0 Å². The molecule has 11 heteroatoms. The van der Waals surface area contributed by atoms with E-state index in [1.54, 1.807) is 0 Å². The molecule has 1 amide bonds. The number of hydrogen-bond acceptors (Lipinski definition) is 3. The van der Waals surface area contributed by atoms with Crippen molar-refractivity contribution < 1.29 is 40.3 Å². The van der Waals surface area contributed by atoms with Gasteiger partial charge in [-0.2, -0.15) is 26.3 Å². The van der Waals surface area contributed by atoms with Gasteiger partial charge < -0.3 is 15.4 Å². The predicted octanol–water partition coefficient (Wildman–Crippen LogP) is 5.04. The highest BCUT2D eigenvalue weighted by molar-refractivity contribution is 5.81. The van der Waals surface area contributed by atoms with Crippen LogP contribution in [0.3, 0.4) is 0 Å². The van der Waals surface area contributed by atoms with Crippen LogP contribution in [0.5, 0.6) is 0 Å². The van der Waals surface area contributed by atoms with E-state index in [-0.39, 0.29) is 30.5 Å². The SMILES string of the molecule is C[C@@H](O[C@H]1CN2C(=O)CC(N)[C@H]2C1c1ccc(F)cc1)c1cc(C(F)(F)F)cc(C(F)(F)F)c1. The summed E-state index contributed by atoms with van der Waals surface area (Å²) in [4.78, 5) is 13.9. The van der Waals surface area contributed by atoms with Gasteiger partial charge in [-0.05, 0) is 48.4 Å². The van der Waals surface area contributed by atoms with E-state index in [1.165, 1.54) is 36.1 Å². The molecule has 34 heavy (non-hydrogen) atoms. The molecule has 0 spiro atoms. The minimum Gasteiger partial charge on any atom is -0.368 e. The topological polar surface area (TPSA) is 55.6 Å². The van der Waals surface area contributed by atoms with Crippen LogP contribution in [-0.4, -0.2) is 35.5 Å². The van der Waals surface area contributed by atoms with Crippen molar-refractivity contribution in [2.45, 2.75) is 55.9 Å².